The van der Waals surface area contributed by atoms with E-state index in [-0.39, 0.29) is 0 Å². The largest absolute Gasteiger partial charge is 0.497 e. The van der Waals surface area contributed by atoms with Crippen LogP contribution in [0.5, 0.6) is 5.75 Å². The van der Waals surface area contributed by atoms with Crippen LogP contribution in [0.2, 0.25) is 0 Å². The van der Waals surface area contributed by atoms with Gasteiger partial charge in [0.25, 0.3) is 0 Å². The van der Waals surface area contributed by atoms with E-state index in [1.165, 1.54) is 22.3 Å². The molecule has 17 heavy (non-hydrogen) atoms. The summed E-state index contributed by atoms with van der Waals surface area (Å²) in [5, 5.41) is 0. The lowest BCUT2D eigenvalue weighted by Crippen LogP contribution is -1.87. The number of hydrogen-bond acceptors (Lipinski definition) is 1. The normalized spacial score (nSPS) is 13.1. The Balaban J connectivity index is 2.01. The van der Waals surface area contributed by atoms with E-state index in [0.29, 0.717) is 0 Å². The number of hydrogen-bond donors (Lipinski definition) is 0. The van der Waals surface area contributed by atoms with Gasteiger partial charge in [0.15, 0.2) is 0 Å². The molecule has 1 aliphatic rings. The molecule has 0 saturated carbocycles. The molecule has 0 heterocycles. The van der Waals surface area contributed by atoms with E-state index >= 15 is 0 Å². The summed E-state index contributed by atoms with van der Waals surface area (Å²) in [7, 11) is 1.69. The molecule has 0 aromatic heterocycles. The predicted molar refractivity (Wildman–Crippen MR) is 70.2 cm³/mol. The average molecular weight is 222 g/mol. The summed E-state index contributed by atoms with van der Waals surface area (Å²) in [6.07, 6.45) is 3.34. The van der Waals surface area contributed by atoms with Gasteiger partial charge in [-0.1, -0.05) is 42.5 Å². The first-order chi connectivity index (χ1) is 8.38. The highest BCUT2D eigenvalue weighted by molar-refractivity contribution is 5.84. The Morgan fingerprint density at radius 2 is 1.71 bits per heavy atom. The van der Waals surface area contributed by atoms with Gasteiger partial charge in [-0.15, -0.1) is 0 Å². The molecule has 1 aliphatic carbocycles. The molecule has 2 aromatic rings. The Hall–Kier alpha value is -2.02. The van der Waals surface area contributed by atoms with E-state index in [1.54, 1.807) is 7.11 Å². The van der Waals surface area contributed by atoms with Gasteiger partial charge in [-0.3, -0.25) is 0 Å². The minimum absolute atomic E-state index is 0.903. The Kier molecular flexibility index (Phi) is 2.45. The first-order valence-corrected chi connectivity index (χ1v) is 5.81. The molecule has 2 aromatic carbocycles. The number of rotatable bonds is 2. The van der Waals surface area contributed by atoms with Crippen LogP contribution in [-0.4, -0.2) is 7.11 Å². The van der Waals surface area contributed by atoms with Crippen molar-refractivity contribution in [1.82, 2.24) is 0 Å². The van der Waals surface area contributed by atoms with Gasteiger partial charge in [-0.2, -0.15) is 0 Å². The summed E-state index contributed by atoms with van der Waals surface area (Å²) in [6.45, 7) is 0. The first kappa shape index (κ1) is 10.2. The fraction of sp³-hybridized carbons (Fsp3) is 0.125. The van der Waals surface area contributed by atoms with Crippen LogP contribution in [-0.2, 0) is 6.42 Å². The van der Waals surface area contributed by atoms with Crippen molar-refractivity contribution in [3.05, 3.63) is 71.3 Å². The van der Waals surface area contributed by atoms with Crippen LogP contribution in [0.25, 0.3) is 5.57 Å². The third kappa shape index (κ3) is 1.74. The molecule has 0 aliphatic heterocycles. The molecule has 84 valence electrons. The van der Waals surface area contributed by atoms with Crippen molar-refractivity contribution in [2.45, 2.75) is 6.42 Å². The molecule has 0 bridgehead atoms. The van der Waals surface area contributed by atoms with Crippen LogP contribution in [0.4, 0.5) is 0 Å². The van der Waals surface area contributed by atoms with Crippen LogP contribution in [0.15, 0.2) is 54.6 Å². The van der Waals surface area contributed by atoms with Crippen LogP contribution < -0.4 is 4.74 Å². The molecule has 0 radical (unpaired) electrons. The van der Waals surface area contributed by atoms with Crippen molar-refractivity contribution in [2.24, 2.45) is 0 Å². The molecular weight excluding hydrogens is 208 g/mol. The van der Waals surface area contributed by atoms with Crippen molar-refractivity contribution >= 4 is 5.57 Å². The van der Waals surface area contributed by atoms with E-state index in [4.69, 9.17) is 4.74 Å². The van der Waals surface area contributed by atoms with Gasteiger partial charge < -0.3 is 4.74 Å². The van der Waals surface area contributed by atoms with Gasteiger partial charge in [0.2, 0.25) is 0 Å². The van der Waals surface area contributed by atoms with Crippen LogP contribution >= 0.6 is 0 Å². The topological polar surface area (TPSA) is 9.23 Å². The van der Waals surface area contributed by atoms with Gasteiger partial charge in [0.1, 0.15) is 5.75 Å². The molecule has 1 nitrogen and oxygen atoms in total. The number of ether oxygens (including phenoxy) is 1. The summed E-state index contributed by atoms with van der Waals surface area (Å²) in [6, 6.07) is 16.8. The Labute approximate surface area is 101 Å². The Morgan fingerprint density at radius 1 is 0.941 bits per heavy atom. The van der Waals surface area contributed by atoms with Crippen molar-refractivity contribution < 1.29 is 4.74 Å². The zero-order valence-corrected chi connectivity index (χ0v) is 9.81. The second-order valence-corrected chi connectivity index (χ2v) is 4.21. The summed E-state index contributed by atoms with van der Waals surface area (Å²) < 4.78 is 5.18. The minimum atomic E-state index is 0.903. The maximum atomic E-state index is 5.18. The number of fused-ring (bicyclic) bond motifs is 1. The quantitative estimate of drug-likeness (QED) is 0.753. The molecule has 0 saturated heterocycles. The fourth-order valence-corrected chi connectivity index (χ4v) is 2.33. The third-order valence-electron chi connectivity index (χ3n) is 3.23. The highest BCUT2D eigenvalue weighted by Crippen LogP contribution is 2.32. The average Bonchev–Trinajstić information content (AvgIpc) is 2.83. The Morgan fingerprint density at radius 3 is 2.47 bits per heavy atom. The maximum absolute atomic E-state index is 5.18. The predicted octanol–water partition coefficient (Wildman–Crippen LogP) is 3.68. The van der Waals surface area contributed by atoms with E-state index in [0.717, 1.165) is 12.2 Å². The van der Waals surface area contributed by atoms with Crippen LogP contribution in [0.3, 0.4) is 0 Å². The zero-order chi connectivity index (χ0) is 11.7. The second-order valence-electron chi connectivity index (χ2n) is 4.21. The highest BCUT2D eigenvalue weighted by Gasteiger charge is 2.14. The van der Waals surface area contributed by atoms with Gasteiger partial charge in [-0.05, 0) is 40.8 Å². The molecule has 0 N–H and O–H groups in total. The summed E-state index contributed by atoms with van der Waals surface area (Å²) in [5.41, 5.74) is 5.37. The molecule has 0 fully saturated rings. The summed E-state index contributed by atoms with van der Waals surface area (Å²) in [4.78, 5) is 0. The number of allylic oxidation sites excluding steroid dienone is 1. The smallest absolute Gasteiger partial charge is 0.118 e. The van der Waals surface area contributed by atoms with Gasteiger partial charge in [0.05, 0.1) is 7.11 Å². The van der Waals surface area contributed by atoms with Gasteiger partial charge in [0, 0.05) is 0 Å². The monoisotopic (exact) mass is 222 g/mol. The zero-order valence-electron chi connectivity index (χ0n) is 9.81. The fourth-order valence-electron chi connectivity index (χ4n) is 2.33. The van der Waals surface area contributed by atoms with Crippen LogP contribution in [0.1, 0.15) is 16.7 Å². The molecule has 0 unspecified atom stereocenters. The Bertz CT molecular complexity index is 564. The van der Waals surface area contributed by atoms with Gasteiger partial charge in [-0.25, -0.2) is 0 Å². The highest BCUT2D eigenvalue weighted by atomic mass is 16.5. The lowest BCUT2D eigenvalue weighted by Gasteiger charge is -2.07. The summed E-state index contributed by atoms with van der Waals surface area (Å²) >= 11 is 0. The summed E-state index contributed by atoms with van der Waals surface area (Å²) in [5.74, 6) is 0.903. The molecule has 0 amide bonds. The van der Waals surface area contributed by atoms with E-state index in [1.807, 2.05) is 12.1 Å². The van der Waals surface area contributed by atoms with Gasteiger partial charge >= 0.3 is 0 Å². The standard InChI is InChI=1S/C16H14O/c1-17-14-9-6-13(7-10-14)16-11-8-12-4-2-3-5-15(12)16/h2-7,9-11H,8H2,1H3. The minimum Gasteiger partial charge on any atom is -0.497 e. The third-order valence-corrected chi connectivity index (χ3v) is 3.23. The molecule has 1 heteroatoms. The number of methoxy groups -OCH3 is 1. The van der Waals surface area contributed by atoms with E-state index < -0.39 is 0 Å². The lowest BCUT2D eigenvalue weighted by atomic mass is 9.99. The van der Waals surface area contributed by atoms with E-state index in [2.05, 4.69) is 42.5 Å². The van der Waals surface area contributed by atoms with Crippen LogP contribution in [0, 0.1) is 0 Å². The lowest BCUT2D eigenvalue weighted by molar-refractivity contribution is 0.415. The number of benzene rings is 2. The molecular formula is C16H14O. The first-order valence-electron chi connectivity index (χ1n) is 5.81. The van der Waals surface area contributed by atoms with Crippen molar-refractivity contribution in [2.75, 3.05) is 7.11 Å². The molecule has 3 rings (SSSR count). The van der Waals surface area contributed by atoms with Crippen molar-refractivity contribution in [3.63, 3.8) is 0 Å². The maximum Gasteiger partial charge on any atom is 0.118 e. The second kappa shape index (κ2) is 4.10. The molecule has 0 spiro atoms. The molecule has 0 atom stereocenters. The van der Waals surface area contributed by atoms with E-state index in [9.17, 15) is 0 Å². The SMILES string of the molecule is COc1ccc(C2=CCc3ccccc32)cc1. The van der Waals surface area contributed by atoms with Crippen molar-refractivity contribution in [3.8, 4) is 5.75 Å². The van der Waals surface area contributed by atoms with Crippen molar-refractivity contribution in [1.29, 1.82) is 0 Å².